The van der Waals surface area contributed by atoms with E-state index < -0.39 is 23.6 Å². The standard InChI is InChI=1S/C13H11F3N2O3/c1-18(2)8-5-3-7(4-6-8)11-17-10(13(14,15)16)9(21-11)12(19)20/h3-6H,1-2H3,(H,19,20). The molecule has 2 rings (SSSR count). The fourth-order valence-electron chi connectivity index (χ4n) is 1.68. The van der Waals surface area contributed by atoms with Crippen LogP contribution in [-0.2, 0) is 6.18 Å². The average molecular weight is 300 g/mol. The Morgan fingerprint density at radius 1 is 1.24 bits per heavy atom. The molecule has 0 aliphatic rings. The van der Waals surface area contributed by atoms with Crippen LogP contribution in [0.2, 0.25) is 0 Å². The number of nitrogens with zero attached hydrogens (tertiary/aromatic N) is 2. The van der Waals surface area contributed by atoms with Crippen molar-refractivity contribution in [1.82, 2.24) is 4.98 Å². The van der Waals surface area contributed by atoms with Gasteiger partial charge in [0.1, 0.15) is 0 Å². The van der Waals surface area contributed by atoms with Crippen molar-refractivity contribution in [3.8, 4) is 11.5 Å². The molecule has 0 aliphatic heterocycles. The third kappa shape index (κ3) is 2.99. The van der Waals surface area contributed by atoms with Crippen LogP contribution in [0.15, 0.2) is 28.7 Å². The number of carboxylic acid groups (broad SMARTS) is 1. The highest BCUT2D eigenvalue weighted by molar-refractivity contribution is 5.86. The Bertz CT molecular complexity index is 660. The van der Waals surface area contributed by atoms with Crippen LogP contribution in [0.3, 0.4) is 0 Å². The number of alkyl halides is 3. The fourth-order valence-corrected chi connectivity index (χ4v) is 1.68. The Morgan fingerprint density at radius 2 is 1.81 bits per heavy atom. The van der Waals surface area contributed by atoms with E-state index in [9.17, 15) is 18.0 Å². The van der Waals surface area contributed by atoms with Gasteiger partial charge in [-0.05, 0) is 24.3 Å². The van der Waals surface area contributed by atoms with Gasteiger partial charge in [0, 0.05) is 25.3 Å². The summed E-state index contributed by atoms with van der Waals surface area (Å²) in [7, 11) is 3.62. The second-order valence-electron chi connectivity index (χ2n) is 4.44. The lowest BCUT2D eigenvalue weighted by atomic mass is 10.2. The number of benzene rings is 1. The van der Waals surface area contributed by atoms with Gasteiger partial charge in [-0.2, -0.15) is 13.2 Å². The van der Waals surface area contributed by atoms with Crippen molar-refractivity contribution in [1.29, 1.82) is 0 Å². The van der Waals surface area contributed by atoms with E-state index in [1.165, 1.54) is 12.1 Å². The molecule has 21 heavy (non-hydrogen) atoms. The molecule has 1 N–H and O–H groups in total. The summed E-state index contributed by atoms with van der Waals surface area (Å²) in [5, 5.41) is 8.77. The highest BCUT2D eigenvalue weighted by atomic mass is 19.4. The quantitative estimate of drug-likeness (QED) is 0.943. The van der Waals surface area contributed by atoms with Gasteiger partial charge in [0.15, 0.2) is 5.69 Å². The van der Waals surface area contributed by atoms with Gasteiger partial charge in [0.05, 0.1) is 0 Å². The van der Waals surface area contributed by atoms with Crippen LogP contribution in [0, 0.1) is 0 Å². The number of halogens is 3. The van der Waals surface area contributed by atoms with Crippen molar-refractivity contribution in [2.75, 3.05) is 19.0 Å². The van der Waals surface area contributed by atoms with Gasteiger partial charge in [0.25, 0.3) is 0 Å². The van der Waals surface area contributed by atoms with Crippen LogP contribution in [0.5, 0.6) is 0 Å². The number of carbonyl (C=O) groups is 1. The van der Waals surface area contributed by atoms with Crippen LogP contribution in [0.1, 0.15) is 16.2 Å². The summed E-state index contributed by atoms with van der Waals surface area (Å²) in [6, 6.07) is 6.33. The van der Waals surface area contributed by atoms with Crippen molar-refractivity contribution >= 4 is 11.7 Å². The summed E-state index contributed by atoms with van der Waals surface area (Å²) < 4.78 is 42.9. The number of carboxylic acids is 1. The molecule has 2 aromatic rings. The third-order valence-corrected chi connectivity index (χ3v) is 2.72. The lowest BCUT2D eigenvalue weighted by Gasteiger charge is -2.11. The first-order valence-corrected chi connectivity index (χ1v) is 5.79. The van der Waals surface area contributed by atoms with Gasteiger partial charge < -0.3 is 14.4 Å². The first kappa shape index (κ1) is 14.9. The Hall–Kier alpha value is -2.51. The number of anilines is 1. The number of oxazole rings is 1. The van der Waals surface area contributed by atoms with Gasteiger partial charge in [-0.3, -0.25) is 0 Å². The molecule has 0 bridgehead atoms. The van der Waals surface area contributed by atoms with Crippen LogP contribution < -0.4 is 4.90 Å². The van der Waals surface area contributed by atoms with Crippen LogP contribution in [0.4, 0.5) is 18.9 Å². The minimum absolute atomic E-state index is 0.263. The molecule has 5 nitrogen and oxygen atoms in total. The minimum atomic E-state index is -4.89. The Balaban J connectivity index is 2.47. The van der Waals surface area contributed by atoms with E-state index in [-0.39, 0.29) is 11.5 Å². The summed E-state index contributed by atoms with van der Waals surface area (Å²) in [5.41, 5.74) is -0.444. The van der Waals surface area contributed by atoms with E-state index in [2.05, 4.69) is 4.98 Å². The predicted octanol–water partition coefficient (Wildman–Crippen LogP) is 3.12. The van der Waals surface area contributed by atoms with Gasteiger partial charge in [-0.25, -0.2) is 9.78 Å². The fraction of sp³-hybridized carbons (Fsp3) is 0.231. The summed E-state index contributed by atoms with van der Waals surface area (Å²) >= 11 is 0. The highest BCUT2D eigenvalue weighted by Gasteiger charge is 2.41. The average Bonchev–Trinajstić information content (AvgIpc) is 2.84. The molecular formula is C13H11F3N2O3. The number of hydrogen-bond donors (Lipinski definition) is 1. The monoisotopic (exact) mass is 300 g/mol. The van der Waals surface area contributed by atoms with Crippen molar-refractivity contribution in [2.45, 2.75) is 6.18 Å². The van der Waals surface area contributed by atoms with Gasteiger partial charge in [-0.1, -0.05) is 0 Å². The maximum atomic E-state index is 12.7. The Morgan fingerprint density at radius 3 is 2.19 bits per heavy atom. The molecular weight excluding hydrogens is 289 g/mol. The Labute approximate surface area is 117 Å². The van der Waals surface area contributed by atoms with Gasteiger partial charge in [-0.15, -0.1) is 0 Å². The molecule has 1 aromatic carbocycles. The predicted molar refractivity (Wildman–Crippen MR) is 68.2 cm³/mol. The zero-order chi connectivity index (χ0) is 15.8. The maximum Gasteiger partial charge on any atom is 0.437 e. The number of aromatic carboxylic acids is 1. The molecule has 1 heterocycles. The second-order valence-corrected chi connectivity index (χ2v) is 4.44. The molecule has 0 unspecified atom stereocenters. The zero-order valence-electron chi connectivity index (χ0n) is 11.1. The summed E-state index contributed by atoms with van der Waals surface area (Å²) in [5.74, 6) is -3.41. The number of hydrogen-bond acceptors (Lipinski definition) is 4. The first-order valence-electron chi connectivity index (χ1n) is 5.79. The molecule has 8 heteroatoms. The molecule has 0 saturated carbocycles. The van der Waals surface area contributed by atoms with Crippen molar-refractivity contribution in [2.24, 2.45) is 0 Å². The molecule has 0 radical (unpaired) electrons. The normalized spacial score (nSPS) is 11.5. The second kappa shape index (κ2) is 5.12. The molecule has 0 amide bonds. The SMILES string of the molecule is CN(C)c1ccc(-c2nc(C(F)(F)F)c(C(=O)O)o2)cc1. The smallest absolute Gasteiger partial charge is 0.437 e. The topological polar surface area (TPSA) is 66.6 Å². The van der Waals surface area contributed by atoms with E-state index in [1.54, 1.807) is 12.1 Å². The highest BCUT2D eigenvalue weighted by Crippen LogP contribution is 2.34. The summed E-state index contributed by atoms with van der Waals surface area (Å²) in [6.45, 7) is 0. The molecule has 0 fully saturated rings. The summed E-state index contributed by atoms with van der Waals surface area (Å²) in [4.78, 5) is 15.9. The number of aromatic nitrogens is 1. The van der Waals surface area contributed by atoms with Gasteiger partial charge >= 0.3 is 12.1 Å². The molecule has 1 aromatic heterocycles. The Kier molecular flexibility index (Phi) is 3.63. The van der Waals surface area contributed by atoms with Crippen molar-refractivity contribution < 1.29 is 27.5 Å². The van der Waals surface area contributed by atoms with Crippen molar-refractivity contribution in [3.63, 3.8) is 0 Å². The lowest BCUT2D eigenvalue weighted by molar-refractivity contribution is -0.141. The van der Waals surface area contributed by atoms with E-state index in [1.807, 2.05) is 19.0 Å². The maximum absolute atomic E-state index is 12.7. The molecule has 0 aliphatic carbocycles. The molecule has 0 saturated heterocycles. The molecule has 112 valence electrons. The van der Waals surface area contributed by atoms with Crippen LogP contribution in [-0.4, -0.2) is 30.2 Å². The first-order chi connectivity index (χ1) is 9.70. The molecule has 0 atom stereocenters. The minimum Gasteiger partial charge on any atom is -0.475 e. The zero-order valence-corrected chi connectivity index (χ0v) is 11.1. The number of rotatable bonds is 3. The molecule has 0 spiro atoms. The third-order valence-electron chi connectivity index (χ3n) is 2.72. The van der Waals surface area contributed by atoms with Gasteiger partial charge in [0.2, 0.25) is 11.7 Å². The van der Waals surface area contributed by atoms with E-state index >= 15 is 0 Å². The largest absolute Gasteiger partial charge is 0.475 e. The van der Waals surface area contributed by atoms with E-state index in [4.69, 9.17) is 9.52 Å². The van der Waals surface area contributed by atoms with Crippen molar-refractivity contribution in [3.05, 3.63) is 35.7 Å². The summed E-state index contributed by atoms with van der Waals surface area (Å²) in [6.07, 6.45) is -4.89. The van der Waals surface area contributed by atoms with Crippen LogP contribution in [0.25, 0.3) is 11.5 Å². The van der Waals surface area contributed by atoms with E-state index in [0.29, 0.717) is 0 Å². The van der Waals surface area contributed by atoms with Crippen LogP contribution >= 0.6 is 0 Å². The lowest BCUT2D eigenvalue weighted by Crippen LogP contribution is -2.11. The van der Waals surface area contributed by atoms with E-state index in [0.717, 1.165) is 5.69 Å².